The molecule has 0 aliphatic carbocycles. The first-order valence-corrected chi connectivity index (χ1v) is 14.0. The van der Waals surface area contributed by atoms with Crippen molar-refractivity contribution in [3.05, 3.63) is 157 Å². The third-order valence-electron chi connectivity index (χ3n) is 8.28. The number of nitrogens with one attached hydrogen (secondary N) is 1. The van der Waals surface area contributed by atoms with Crippen LogP contribution in [0.5, 0.6) is 0 Å². The number of hydrogen-bond acceptors (Lipinski definition) is 1. The lowest BCUT2D eigenvalue weighted by molar-refractivity contribution is 0.640. The number of hydrogen-bond donors (Lipinski definition) is 1. The van der Waals surface area contributed by atoms with E-state index in [1.54, 1.807) is 0 Å². The Kier molecular flexibility index (Phi) is 5.86. The van der Waals surface area contributed by atoms with Crippen molar-refractivity contribution in [1.29, 1.82) is 0 Å². The third-order valence-corrected chi connectivity index (χ3v) is 8.28. The lowest BCUT2D eigenvalue weighted by Gasteiger charge is -2.38. The van der Waals surface area contributed by atoms with Crippen LogP contribution in [-0.4, -0.2) is 0 Å². The van der Waals surface area contributed by atoms with Crippen LogP contribution in [0, 0.1) is 0 Å². The molecule has 0 bridgehead atoms. The Morgan fingerprint density at radius 3 is 1.48 bits per heavy atom. The molecule has 7 rings (SSSR count). The summed E-state index contributed by atoms with van der Waals surface area (Å²) in [5.74, 6) is 0. The summed E-state index contributed by atoms with van der Waals surface area (Å²) in [4.78, 5) is 0. The lowest BCUT2D eigenvalue weighted by Crippen LogP contribution is -2.27. The summed E-state index contributed by atoms with van der Waals surface area (Å²) >= 11 is 0. The van der Waals surface area contributed by atoms with E-state index >= 15 is 0 Å². The van der Waals surface area contributed by atoms with Crippen LogP contribution in [0.2, 0.25) is 0 Å². The summed E-state index contributed by atoms with van der Waals surface area (Å²) in [6.45, 7) is 4.71. The van der Waals surface area contributed by atoms with Gasteiger partial charge in [0.15, 0.2) is 0 Å². The van der Waals surface area contributed by atoms with Gasteiger partial charge in [0, 0.05) is 16.8 Å². The summed E-state index contributed by atoms with van der Waals surface area (Å²) in [5.41, 5.74) is 14.8. The maximum absolute atomic E-state index is 3.75. The fraction of sp³-hybridized carbons (Fsp3) is 0.0769. The Morgan fingerprint density at radius 1 is 0.400 bits per heavy atom. The highest BCUT2D eigenvalue weighted by molar-refractivity contribution is 5.94. The predicted octanol–water partition coefficient (Wildman–Crippen LogP) is 10.7. The van der Waals surface area contributed by atoms with Crippen molar-refractivity contribution < 1.29 is 0 Å². The second-order valence-electron chi connectivity index (χ2n) is 11.1. The van der Waals surface area contributed by atoms with Gasteiger partial charge in [-0.15, -0.1) is 0 Å². The minimum Gasteiger partial charge on any atom is -0.355 e. The number of para-hydroxylation sites is 1. The van der Waals surface area contributed by atoms with E-state index < -0.39 is 0 Å². The Morgan fingerprint density at radius 2 is 0.875 bits per heavy atom. The largest absolute Gasteiger partial charge is 0.355 e. The molecule has 192 valence electrons. The van der Waals surface area contributed by atoms with Crippen molar-refractivity contribution >= 4 is 11.4 Å². The smallest absolute Gasteiger partial charge is 0.0432 e. The zero-order chi connectivity index (χ0) is 27.1. The number of fused-ring (bicyclic) bond motifs is 2. The van der Waals surface area contributed by atoms with E-state index in [9.17, 15) is 0 Å². The van der Waals surface area contributed by atoms with Gasteiger partial charge < -0.3 is 5.32 Å². The Hall–Kier alpha value is -4.88. The second kappa shape index (κ2) is 9.70. The summed E-state index contributed by atoms with van der Waals surface area (Å²) in [6, 6.07) is 52.5. The number of benzene rings is 6. The highest BCUT2D eigenvalue weighted by Gasteiger charge is 2.36. The maximum Gasteiger partial charge on any atom is 0.0432 e. The van der Waals surface area contributed by atoms with Crippen LogP contribution < -0.4 is 5.32 Å². The zero-order valence-corrected chi connectivity index (χ0v) is 22.9. The van der Waals surface area contributed by atoms with E-state index in [2.05, 4.69) is 165 Å². The molecule has 6 aromatic rings. The fourth-order valence-electron chi connectivity index (χ4n) is 6.25. The van der Waals surface area contributed by atoms with Gasteiger partial charge in [-0.3, -0.25) is 0 Å². The monoisotopic (exact) mass is 513 g/mol. The van der Waals surface area contributed by atoms with Crippen molar-refractivity contribution in [3.63, 3.8) is 0 Å². The van der Waals surface area contributed by atoms with Gasteiger partial charge in [-0.05, 0) is 67.8 Å². The minimum atomic E-state index is -0.176. The molecule has 1 nitrogen and oxygen atoms in total. The van der Waals surface area contributed by atoms with Gasteiger partial charge >= 0.3 is 0 Å². The molecule has 0 fully saturated rings. The number of rotatable bonds is 4. The molecule has 0 amide bonds. The van der Waals surface area contributed by atoms with Crippen molar-refractivity contribution in [2.45, 2.75) is 19.3 Å². The molecule has 0 unspecified atom stereocenters. The van der Waals surface area contributed by atoms with Gasteiger partial charge in [-0.1, -0.05) is 147 Å². The maximum atomic E-state index is 3.75. The molecule has 1 heteroatoms. The van der Waals surface area contributed by atoms with E-state index in [0.717, 1.165) is 0 Å². The van der Waals surface area contributed by atoms with Crippen LogP contribution >= 0.6 is 0 Å². The van der Waals surface area contributed by atoms with Crippen molar-refractivity contribution in [2.24, 2.45) is 0 Å². The second-order valence-corrected chi connectivity index (χ2v) is 11.1. The van der Waals surface area contributed by atoms with Gasteiger partial charge in [0.05, 0.1) is 0 Å². The molecule has 0 saturated heterocycles. The van der Waals surface area contributed by atoms with E-state index in [1.807, 2.05) is 0 Å². The molecule has 0 atom stereocenters. The molecule has 1 aliphatic heterocycles. The first-order valence-electron chi connectivity index (χ1n) is 14.0. The third kappa shape index (κ3) is 4.12. The Labute approximate surface area is 236 Å². The van der Waals surface area contributed by atoms with Crippen LogP contribution in [0.1, 0.15) is 25.0 Å². The van der Waals surface area contributed by atoms with Gasteiger partial charge in [-0.25, -0.2) is 0 Å². The van der Waals surface area contributed by atoms with Gasteiger partial charge in [0.25, 0.3) is 0 Å². The van der Waals surface area contributed by atoms with E-state index in [-0.39, 0.29) is 5.41 Å². The summed E-state index contributed by atoms with van der Waals surface area (Å²) in [6.07, 6.45) is 0. The van der Waals surface area contributed by atoms with Gasteiger partial charge in [-0.2, -0.15) is 0 Å². The first-order chi connectivity index (χ1) is 19.6. The highest BCUT2D eigenvalue weighted by Crippen LogP contribution is 2.52. The standard InChI is InChI=1S/C39H31N/c1-39(2)34-15-9-10-16-35(34)40-36-26-25-33(31-21-17-29(18-22-31)27-11-5-3-6-12-27)37(38(36)39)32-23-19-30(20-24-32)28-13-7-4-8-14-28/h3-26,40H,1-2H3. The molecule has 0 aromatic heterocycles. The molecular weight excluding hydrogens is 482 g/mol. The molecule has 1 N–H and O–H groups in total. The van der Waals surface area contributed by atoms with Crippen molar-refractivity contribution in [3.8, 4) is 44.5 Å². The minimum absolute atomic E-state index is 0.176. The summed E-state index contributed by atoms with van der Waals surface area (Å²) < 4.78 is 0. The van der Waals surface area contributed by atoms with Gasteiger partial charge in [0.2, 0.25) is 0 Å². The topological polar surface area (TPSA) is 12.0 Å². The van der Waals surface area contributed by atoms with Crippen LogP contribution in [0.4, 0.5) is 11.4 Å². The Balaban J connectivity index is 1.41. The van der Waals surface area contributed by atoms with Gasteiger partial charge in [0.1, 0.15) is 0 Å². The van der Waals surface area contributed by atoms with Crippen LogP contribution in [0.3, 0.4) is 0 Å². The normalized spacial score (nSPS) is 13.2. The lowest BCUT2D eigenvalue weighted by atomic mass is 9.70. The van der Waals surface area contributed by atoms with E-state index in [1.165, 1.54) is 67.0 Å². The molecule has 1 heterocycles. The quantitative estimate of drug-likeness (QED) is 0.247. The molecule has 6 aromatic carbocycles. The summed E-state index contributed by atoms with van der Waals surface area (Å²) in [7, 11) is 0. The average Bonchev–Trinajstić information content (AvgIpc) is 3.02. The molecular formula is C39H31N. The van der Waals surface area contributed by atoms with Crippen molar-refractivity contribution in [2.75, 3.05) is 5.32 Å². The first kappa shape index (κ1) is 24.2. The van der Waals surface area contributed by atoms with Crippen LogP contribution in [-0.2, 0) is 5.41 Å². The number of anilines is 2. The zero-order valence-electron chi connectivity index (χ0n) is 22.9. The summed E-state index contributed by atoms with van der Waals surface area (Å²) in [5, 5.41) is 3.75. The van der Waals surface area contributed by atoms with E-state index in [0.29, 0.717) is 0 Å². The van der Waals surface area contributed by atoms with Crippen LogP contribution in [0.15, 0.2) is 146 Å². The average molecular weight is 514 g/mol. The fourth-order valence-corrected chi connectivity index (χ4v) is 6.25. The SMILES string of the molecule is CC1(C)c2ccccc2Nc2ccc(-c3ccc(-c4ccccc4)cc3)c(-c3ccc(-c4ccccc4)cc3)c21. The highest BCUT2D eigenvalue weighted by atomic mass is 14.9. The van der Waals surface area contributed by atoms with E-state index in [4.69, 9.17) is 0 Å². The molecule has 0 saturated carbocycles. The molecule has 1 aliphatic rings. The Bertz CT molecular complexity index is 1800. The van der Waals surface area contributed by atoms with Crippen molar-refractivity contribution in [1.82, 2.24) is 0 Å². The molecule has 0 radical (unpaired) electrons. The predicted molar refractivity (Wildman–Crippen MR) is 170 cm³/mol. The molecule has 40 heavy (non-hydrogen) atoms. The molecule has 0 spiro atoms. The van der Waals surface area contributed by atoms with Crippen LogP contribution in [0.25, 0.3) is 44.5 Å².